The van der Waals surface area contributed by atoms with E-state index in [0.29, 0.717) is 11.3 Å². The smallest absolute Gasteiger partial charge is 0.211 e. The molecular weight excluding hydrogens is 741 g/mol. The van der Waals surface area contributed by atoms with Gasteiger partial charge in [0.25, 0.3) is 0 Å². The van der Waals surface area contributed by atoms with Crippen molar-refractivity contribution >= 4 is 49.3 Å². The van der Waals surface area contributed by atoms with Gasteiger partial charge in [0.1, 0.15) is 6.07 Å². The molecule has 1 atom stereocenters. The summed E-state index contributed by atoms with van der Waals surface area (Å²) >= 11 is 0. The topological polar surface area (TPSA) is 38.0 Å². The predicted molar refractivity (Wildman–Crippen MR) is 249 cm³/mol. The van der Waals surface area contributed by atoms with Crippen molar-refractivity contribution in [3.8, 4) is 62.0 Å². The van der Waals surface area contributed by atoms with E-state index in [9.17, 15) is 5.26 Å². The molecule has 1 unspecified atom stereocenters. The van der Waals surface area contributed by atoms with Gasteiger partial charge in [-0.2, -0.15) is 5.26 Å². The second-order valence-corrected chi connectivity index (χ2v) is 16.2. The summed E-state index contributed by atoms with van der Waals surface area (Å²) in [5, 5.41) is 15.4. The first-order valence-electron chi connectivity index (χ1n) is 20.6. The Bertz CT molecular complexity index is 3510. The zero-order valence-electron chi connectivity index (χ0n) is 32.8. The SMILES string of the molecule is [C-]#[N+]c1cc(-c2ccccc2)cc2c3cc(-c4ccccc4)cc4c3n(c12)-c1cccc2c1C4c1cc(-c3ccccc3)cc3c4cc(-c5ccccc5)cc(C#N)c4n-2c13. The summed E-state index contributed by atoms with van der Waals surface area (Å²) in [6.45, 7) is 8.64. The quantitative estimate of drug-likeness (QED) is 0.164. The third-order valence-electron chi connectivity index (χ3n) is 13.1. The van der Waals surface area contributed by atoms with Gasteiger partial charge in [0.05, 0.1) is 45.6 Å². The first kappa shape index (κ1) is 33.5. The molecule has 9 aromatic carbocycles. The summed E-state index contributed by atoms with van der Waals surface area (Å²) < 4.78 is 4.75. The van der Waals surface area contributed by atoms with Crippen LogP contribution in [0.2, 0.25) is 0 Å². The molecule has 0 saturated heterocycles. The molecule has 61 heavy (non-hydrogen) atoms. The largest absolute Gasteiger partial charge is 0.318 e. The molecule has 0 aliphatic carbocycles. The first-order chi connectivity index (χ1) is 30.2. The van der Waals surface area contributed by atoms with Crippen molar-refractivity contribution in [3.63, 3.8) is 0 Å². The van der Waals surface area contributed by atoms with Crippen molar-refractivity contribution in [2.45, 2.75) is 5.92 Å². The summed E-state index contributed by atoms with van der Waals surface area (Å²) in [4.78, 5) is 4.26. The monoisotopic (exact) mass is 772 g/mol. The number of rotatable bonds is 4. The average Bonchev–Trinajstić information content (AvgIpc) is 3.85. The summed E-state index contributed by atoms with van der Waals surface area (Å²) in [6, 6.07) is 69.5. The maximum absolute atomic E-state index is 11.0. The number of benzene rings is 9. The average molecular weight is 773 g/mol. The Labute approximate surface area is 351 Å². The van der Waals surface area contributed by atoms with Gasteiger partial charge in [0, 0.05) is 27.6 Å². The lowest BCUT2D eigenvalue weighted by Crippen LogP contribution is -2.22. The number of aromatic nitrogens is 2. The first-order valence-corrected chi connectivity index (χ1v) is 20.6. The van der Waals surface area contributed by atoms with Crippen LogP contribution in [0.1, 0.15) is 28.2 Å². The molecule has 4 nitrogen and oxygen atoms in total. The van der Waals surface area contributed by atoms with E-state index in [4.69, 9.17) is 6.57 Å². The van der Waals surface area contributed by atoms with Gasteiger partial charge in [-0.25, -0.2) is 4.85 Å². The lowest BCUT2D eigenvalue weighted by atomic mass is 9.76. The van der Waals surface area contributed by atoms with Crippen molar-refractivity contribution in [1.29, 1.82) is 5.26 Å². The minimum atomic E-state index is -0.138. The molecule has 0 radical (unpaired) electrons. The van der Waals surface area contributed by atoms with E-state index >= 15 is 0 Å². The lowest BCUT2D eigenvalue weighted by Gasteiger charge is -2.36. The zero-order valence-corrected chi connectivity index (χ0v) is 32.8. The van der Waals surface area contributed by atoms with Gasteiger partial charge in [-0.1, -0.05) is 127 Å². The number of nitrogens with zero attached hydrogens (tertiary/aromatic N) is 4. The number of fused-ring (bicyclic) bond motifs is 10. The Morgan fingerprint density at radius 1 is 0.410 bits per heavy atom. The van der Waals surface area contributed by atoms with Gasteiger partial charge in [-0.3, -0.25) is 0 Å². The van der Waals surface area contributed by atoms with Crippen molar-refractivity contribution in [2.24, 2.45) is 0 Å². The van der Waals surface area contributed by atoms with Crippen LogP contribution < -0.4 is 0 Å². The van der Waals surface area contributed by atoms with Crippen LogP contribution in [0, 0.1) is 17.9 Å². The Hall–Kier alpha value is -8.44. The minimum absolute atomic E-state index is 0.138. The van der Waals surface area contributed by atoms with Crippen molar-refractivity contribution in [3.05, 3.63) is 222 Å². The molecule has 0 N–H and O–H groups in total. The van der Waals surface area contributed by atoms with Crippen LogP contribution in [-0.2, 0) is 0 Å². The third kappa shape index (κ3) is 4.62. The van der Waals surface area contributed by atoms with Crippen LogP contribution in [0.25, 0.3) is 104 Å². The zero-order chi connectivity index (χ0) is 40.3. The maximum Gasteiger partial charge on any atom is 0.211 e. The Kier molecular flexibility index (Phi) is 6.89. The van der Waals surface area contributed by atoms with Crippen molar-refractivity contribution < 1.29 is 0 Å². The number of nitriles is 1. The molecule has 280 valence electrons. The number of hydrogen-bond acceptors (Lipinski definition) is 1. The second kappa shape index (κ2) is 12.5. The highest BCUT2D eigenvalue weighted by atomic mass is 15.1. The van der Waals surface area contributed by atoms with Crippen molar-refractivity contribution in [2.75, 3.05) is 0 Å². The van der Waals surface area contributed by atoms with Gasteiger partial charge >= 0.3 is 0 Å². The molecule has 0 fully saturated rings. The molecule has 0 saturated carbocycles. The van der Waals surface area contributed by atoms with Crippen LogP contribution >= 0.6 is 0 Å². The van der Waals surface area contributed by atoms with Gasteiger partial charge in [-0.15, -0.1) is 0 Å². The molecule has 2 aliphatic heterocycles. The van der Waals surface area contributed by atoms with E-state index in [0.717, 1.165) is 99.5 Å². The summed E-state index contributed by atoms with van der Waals surface area (Å²) in [5.41, 5.74) is 19.8. The summed E-state index contributed by atoms with van der Waals surface area (Å²) in [7, 11) is 0. The Balaban J connectivity index is 1.22. The molecule has 11 aromatic rings. The fraction of sp³-hybridized carbons (Fsp3) is 0.0175. The fourth-order valence-corrected chi connectivity index (χ4v) is 10.6. The highest BCUT2D eigenvalue weighted by molar-refractivity contribution is 6.19. The van der Waals surface area contributed by atoms with Crippen molar-refractivity contribution in [1.82, 2.24) is 9.13 Å². The molecule has 4 heteroatoms. The normalized spacial score (nSPS) is 13.4. The van der Waals surface area contributed by atoms with Crippen LogP contribution in [0.5, 0.6) is 0 Å². The standard InChI is InChI=1S/C57H32N4/c1-59-49-32-41(37-21-12-5-13-22-37)29-46-45-28-40(36-19-10-4-11-20-36)31-48-52-47-30-39(35-17-8-3-9-18-35)27-44-43-26-38(34-15-6-2-7-16-34)25-42(33-58)54(43)60(55(44)47)50-23-14-24-51(53(50)52)61(56(45)48)57(46)49/h2-32,52H. The highest BCUT2D eigenvalue weighted by Crippen LogP contribution is 2.57. The molecule has 0 amide bonds. The summed E-state index contributed by atoms with van der Waals surface area (Å²) in [5.74, 6) is -0.138. The van der Waals surface area contributed by atoms with E-state index in [1.54, 1.807) is 0 Å². The second-order valence-electron chi connectivity index (χ2n) is 16.2. The highest BCUT2D eigenvalue weighted by Gasteiger charge is 2.39. The molecule has 4 heterocycles. The molecule has 0 bridgehead atoms. The van der Waals surface area contributed by atoms with Gasteiger partial charge in [0.15, 0.2) is 0 Å². The number of hydrogen-bond donors (Lipinski definition) is 0. The predicted octanol–water partition coefficient (Wildman–Crippen LogP) is 14.8. The van der Waals surface area contributed by atoms with Crippen LogP contribution in [0.15, 0.2) is 188 Å². The Morgan fingerprint density at radius 2 is 0.803 bits per heavy atom. The van der Waals surface area contributed by atoms with Crippen LogP contribution in [0.3, 0.4) is 0 Å². The van der Waals surface area contributed by atoms with Crippen LogP contribution in [0.4, 0.5) is 5.69 Å². The van der Waals surface area contributed by atoms with Crippen LogP contribution in [-0.4, -0.2) is 9.13 Å². The van der Waals surface area contributed by atoms with Gasteiger partial charge < -0.3 is 9.13 Å². The molecule has 0 spiro atoms. The lowest BCUT2D eigenvalue weighted by molar-refractivity contribution is 0.885. The maximum atomic E-state index is 11.0. The van der Waals surface area contributed by atoms with E-state index in [1.807, 2.05) is 12.1 Å². The summed E-state index contributed by atoms with van der Waals surface area (Å²) in [6.07, 6.45) is 0. The van der Waals surface area contributed by atoms with E-state index in [1.165, 1.54) is 16.7 Å². The van der Waals surface area contributed by atoms with E-state index in [-0.39, 0.29) is 5.92 Å². The molecule has 13 rings (SSSR count). The fourth-order valence-electron chi connectivity index (χ4n) is 10.6. The molecule has 2 aliphatic rings. The third-order valence-corrected chi connectivity index (χ3v) is 13.1. The van der Waals surface area contributed by atoms with Gasteiger partial charge in [-0.05, 0) is 122 Å². The Morgan fingerprint density at radius 3 is 1.25 bits per heavy atom. The molecule has 2 aromatic heterocycles. The minimum Gasteiger partial charge on any atom is -0.318 e. The van der Waals surface area contributed by atoms with E-state index < -0.39 is 0 Å². The van der Waals surface area contributed by atoms with Gasteiger partial charge in [0.2, 0.25) is 5.69 Å². The molecular formula is C57H32N4. The van der Waals surface area contributed by atoms with E-state index in [2.05, 4.69) is 196 Å².